The van der Waals surface area contributed by atoms with E-state index in [4.69, 9.17) is 4.52 Å². The van der Waals surface area contributed by atoms with Crippen LogP contribution in [0.15, 0.2) is 4.52 Å². The Kier molecular flexibility index (Phi) is 7.01. The number of hydrogen-bond donors (Lipinski definition) is 1. The predicted octanol–water partition coefficient (Wildman–Crippen LogP) is 1.79. The van der Waals surface area contributed by atoms with Crippen LogP contribution in [0.1, 0.15) is 49.6 Å². The van der Waals surface area contributed by atoms with Crippen LogP contribution >= 0.6 is 0 Å². The molecule has 1 amide bonds. The smallest absolute Gasteiger partial charge is 0.224 e. The van der Waals surface area contributed by atoms with Crippen molar-refractivity contribution >= 4 is 15.9 Å². The third-order valence-corrected chi connectivity index (χ3v) is 6.79. The van der Waals surface area contributed by atoms with Crippen molar-refractivity contribution in [1.82, 2.24) is 14.8 Å². The number of piperidine rings is 1. The third-order valence-electron chi connectivity index (χ3n) is 4.83. The molecule has 0 radical (unpaired) electrons. The average molecular weight is 372 g/mol. The van der Waals surface area contributed by atoms with Gasteiger partial charge in [-0.3, -0.25) is 4.79 Å². The Labute approximate surface area is 150 Å². The molecule has 0 aliphatic carbocycles. The number of amides is 1. The summed E-state index contributed by atoms with van der Waals surface area (Å²) in [5, 5.41) is 6.81. The van der Waals surface area contributed by atoms with Gasteiger partial charge in [-0.2, -0.15) is 0 Å². The Morgan fingerprint density at radius 2 is 2.00 bits per heavy atom. The molecule has 1 aromatic rings. The van der Waals surface area contributed by atoms with E-state index in [1.165, 1.54) is 0 Å². The van der Waals surface area contributed by atoms with Crippen LogP contribution in [0, 0.1) is 19.8 Å². The summed E-state index contributed by atoms with van der Waals surface area (Å²) in [6.45, 7) is 7.32. The summed E-state index contributed by atoms with van der Waals surface area (Å²) >= 11 is 0. The Morgan fingerprint density at radius 1 is 1.32 bits per heavy atom. The molecule has 1 aliphatic rings. The average Bonchev–Trinajstić information content (AvgIpc) is 2.90. The molecule has 25 heavy (non-hydrogen) atoms. The number of carbonyl (C=O) groups is 1. The molecule has 8 heteroatoms. The summed E-state index contributed by atoms with van der Waals surface area (Å²) < 4.78 is 31.1. The lowest BCUT2D eigenvalue weighted by Crippen LogP contribution is -2.42. The first kappa shape index (κ1) is 19.9. The van der Waals surface area contributed by atoms with Crippen LogP contribution in [-0.4, -0.2) is 49.2 Å². The minimum absolute atomic E-state index is 0.0487. The number of nitrogens with one attached hydrogen (secondary N) is 1. The molecule has 7 nitrogen and oxygen atoms in total. The zero-order valence-electron chi connectivity index (χ0n) is 15.4. The number of rotatable bonds is 8. The summed E-state index contributed by atoms with van der Waals surface area (Å²) in [6, 6.07) is 0. The number of aromatic nitrogens is 1. The highest BCUT2D eigenvalue weighted by Gasteiger charge is 2.27. The van der Waals surface area contributed by atoms with Gasteiger partial charge in [0.25, 0.3) is 0 Å². The first-order valence-electron chi connectivity index (χ1n) is 8.99. The molecular formula is C17H29N3O4S. The van der Waals surface area contributed by atoms with Crippen LogP contribution in [0.3, 0.4) is 0 Å². The van der Waals surface area contributed by atoms with Crippen LogP contribution in [-0.2, 0) is 21.2 Å². The molecule has 2 rings (SSSR count). The second-order valence-electron chi connectivity index (χ2n) is 6.80. The first-order valence-corrected chi connectivity index (χ1v) is 10.6. The Hall–Kier alpha value is -1.41. The topological polar surface area (TPSA) is 92.5 Å². The van der Waals surface area contributed by atoms with Crippen molar-refractivity contribution in [2.75, 3.05) is 25.4 Å². The van der Waals surface area contributed by atoms with Crippen LogP contribution in [0.4, 0.5) is 0 Å². The van der Waals surface area contributed by atoms with Crippen molar-refractivity contribution in [3.8, 4) is 0 Å². The molecule has 0 saturated carbocycles. The van der Waals surface area contributed by atoms with Crippen LogP contribution in [0.5, 0.6) is 0 Å². The standard InChI is InChI=1S/C17H29N3O4S/c1-4-5-10-25(22,23)20-8-6-15(7-9-20)12-18-17(21)11-16-13(2)19-24-14(16)3/h15H,4-12H2,1-3H3,(H,18,21). The fraction of sp³-hybridized carbons (Fsp3) is 0.765. The maximum Gasteiger partial charge on any atom is 0.224 e. The van der Waals surface area contributed by atoms with Gasteiger partial charge in [-0.05, 0) is 39.0 Å². The molecule has 1 aliphatic heterocycles. The highest BCUT2D eigenvalue weighted by Crippen LogP contribution is 2.20. The molecule has 1 N–H and O–H groups in total. The molecule has 0 bridgehead atoms. The van der Waals surface area contributed by atoms with Gasteiger partial charge >= 0.3 is 0 Å². The highest BCUT2D eigenvalue weighted by atomic mass is 32.2. The Morgan fingerprint density at radius 3 is 2.56 bits per heavy atom. The maximum absolute atomic E-state index is 12.2. The largest absolute Gasteiger partial charge is 0.361 e. The predicted molar refractivity (Wildman–Crippen MR) is 95.7 cm³/mol. The quantitative estimate of drug-likeness (QED) is 0.752. The minimum Gasteiger partial charge on any atom is -0.361 e. The summed E-state index contributed by atoms with van der Waals surface area (Å²) in [4.78, 5) is 12.1. The van der Waals surface area contributed by atoms with Crippen LogP contribution < -0.4 is 5.32 Å². The molecule has 0 unspecified atom stereocenters. The lowest BCUT2D eigenvalue weighted by Gasteiger charge is -2.31. The van der Waals surface area contributed by atoms with Crippen LogP contribution in [0.2, 0.25) is 0 Å². The first-order chi connectivity index (χ1) is 11.8. The van der Waals surface area contributed by atoms with Crippen molar-refractivity contribution in [2.24, 2.45) is 5.92 Å². The fourth-order valence-electron chi connectivity index (χ4n) is 3.08. The van der Waals surface area contributed by atoms with E-state index in [2.05, 4.69) is 10.5 Å². The molecule has 1 fully saturated rings. The normalized spacial score (nSPS) is 16.9. The maximum atomic E-state index is 12.2. The molecule has 1 aromatic heterocycles. The molecule has 0 spiro atoms. The van der Waals surface area contributed by atoms with Gasteiger partial charge in [-0.15, -0.1) is 0 Å². The number of hydrogen-bond acceptors (Lipinski definition) is 5. The number of aryl methyl sites for hydroxylation is 2. The van der Waals surface area contributed by atoms with E-state index in [1.54, 1.807) is 11.2 Å². The summed E-state index contributed by atoms with van der Waals surface area (Å²) in [7, 11) is -3.12. The second-order valence-corrected chi connectivity index (χ2v) is 8.88. The number of sulfonamides is 1. The van der Waals surface area contributed by atoms with Gasteiger partial charge in [0, 0.05) is 25.2 Å². The summed E-state index contributed by atoms with van der Waals surface area (Å²) in [5.41, 5.74) is 1.59. The lowest BCUT2D eigenvalue weighted by molar-refractivity contribution is -0.120. The van der Waals surface area contributed by atoms with E-state index < -0.39 is 10.0 Å². The Balaban J connectivity index is 1.74. The van der Waals surface area contributed by atoms with Crippen molar-refractivity contribution in [3.05, 3.63) is 17.0 Å². The molecule has 2 heterocycles. The molecule has 0 aromatic carbocycles. The third kappa shape index (κ3) is 5.54. The molecular weight excluding hydrogens is 342 g/mol. The SMILES string of the molecule is CCCCS(=O)(=O)N1CCC(CNC(=O)Cc2c(C)noc2C)CC1. The van der Waals surface area contributed by atoms with Crippen molar-refractivity contribution < 1.29 is 17.7 Å². The number of unbranched alkanes of at least 4 members (excludes halogenated alkanes) is 1. The van der Waals surface area contributed by atoms with Gasteiger partial charge in [0.1, 0.15) is 5.76 Å². The van der Waals surface area contributed by atoms with E-state index in [-0.39, 0.29) is 18.1 Å². The minimum atomic E-state index is -3.12. The van der Waals surface area contributed by atoms with Crippen molar-refractivity contribution in [3.63, 3.8) is 0 Å². The summed E-state index contributed by atoms with van der Waals surface area (Å²) in [6.07, 6.45) is 3.44. The highest BCUT2D eigenvalue weighted by molar-refractivity contribution is 7.89. The summed E-state index contributed by atoms with van der Waals surface area (Å²) in [5.74, 6) is 1.19. The molecule has 142 valence electrons. The van der Waals surface area contributed by atoms with E-state index >= 15 is 0 Å². The van der Waals surface area contributed by atoms with Crippen molar-refractivity contribution in [2.45, 2.75) is 52.9 Å². The van der Waals surface area contributed by atoms with Crippen molar-refractivity contribution in [1.29, 1.82) is 0 Å². The lowest BCUT2D eigenvalue weighted by atomic mass is 9.98. The van der Waals surface area contributed by atoms with Crippen LogP contribution in [0.25, 0.3) is 0 Å². The van der Waals surface area contributed by atoms with E-state index in [0.717, 1.165) is 30.5 Å². The van der Waals surface area contributed by atoms with Gasteiger partial charge < -0.3 is 9.84 Å². The molecule has 1 saturated heterocycles. The number of carbonyl (C=O) groups excluding carboxylic acids is 1. The monoisotopic (exact) mass is 371 g/mol. The zero-order valence-corrected chi connectivity index (χ0v) is 16.2. The van der Waals surface area contributed by atoms with Gasteiger partial charge in [0.05, 0.1) is 17.9 Å². The van der Waals surface area contributed by atoms with E-state index in [0.29, 0.717) is 37.7 Å². The zero-order chi connectivity index (χ0) is 18.4. The second kappa shape index (κ2) is 8.80. The Bertz CT molecular complexity index is 657. The van der Waals surface area contributed by atoms with Gasteiger partial charge in [0.2, 0.25) is 15.9 Å². The van der Waals surface area contributed by atoms with Gasteiger partial charge in [0.15, 0.2) is 0 Å². The number of nitrogens with zero attached hydrogens (tertiary/aromatic N) is 2. The van der Waals surface area contributed by atoms with E-state index in [1.807, 2.05) is 13.8 Å². The van der Waals surface area contributed by atoms with Gasteiger partial charge in [-0.1, -0.05) is 18.5 Å². The molecule has 0 atom stereocenters. The van der Waals surface area contributed by atoms with Gasteiger partial charge in [-0.25, -0.2) is 12.7 Å². The van der Waals surface area contributed by atoms with E-state index in [9.17, 15) is 13.2 Å². The fourth-order valence-corrected chi connectivity index (χ4v) is 4.76.